The lowest BCUT2D eigenvalue weighted by Crippen LogP contribution is -2.42. The zero-order valence-corrected chi connectivity index (χ0v) is 8.05. The summed E-state index contributed by atoms with van der Waals surface area (Å²) in [6.45, 7) is 7.05. The van der Waals surface area contributed by atoms with E-state index in [0.29, 0.717) is 0 Å². The molecule has 0 saturated heterocycles. The van der Waals surface area contributed by atoms with E-state index in [1.807, 2.05) is 20.8 Å². The van der Waals surface area contributed by atoms with Gasteiger partial charge in [-0.1, -0.05) is 0 Å². The molecule has 0 unspecified atom stereocenters. The number of carbonyl (C=O) groups is 1. The van der Waals surface area contributed by atoms with Crippen LogP contribution in [0.2, 0.25) is 0 Å². The third-order valence-corrected chi connectivity index (χ3v) is 1.04. The van der Waals surface area contributed by atoms with Crippen LogP contribution in [0.1, 0.15) is 27.7 Å². The van der Waals surface area contributed by atoms with Crippen molar-refractivity contribution in [3.05, 3.63) is 0 Å². The van der Waals surface area contributed by atoms with E-state index in [0.717, 1.165) is 0 Å². The van der Waals surface area contributed by atoms with Crippen molar-refractivity contribution in [2.45, 2.75) is 39.3 Å². The molecule has 12 heavy (non-hydrogen) atoms. The van der Waals surface area contributed by atoms with Gasteiger partial charge in [-0.3, -0.25) is 0 Å². The van der Waals surface area contributed by atoms with E-state index >= 15 is 0 Å². The molecule has 2 N–H and O–H groups in total. The molecule has 72 valence electrons. The third-order valence-electron chi connectivity index (χ3n) is 1.04. The fraction of sp³-hybridized carbons (Fsp3) is 0.875. The zero-order chi connectivity index (χ0) is 9.78. The summed E-state index contributed by atoms with van der Waals surface area (Å²) >= 11 is 0. The Bertz CT molecular complexity index is 151. The highest BCUT2D eigenvalue weighted by atomic mass is 16.6. The van der Waals surface area contributed by atoms with Crippen LogP contribution in [0.3, 0.4) is 0 Å². The van der Waals surface area contributed by atoms with Crippen LogP contribution in [0.4, 0.5) is 4.79 Å². The van der Waals surface area contributed by atoms with Gasteiger partial charge in [-0.25, -0.2) is 4.79 Å². The molecule has 0 aromatic carbocycles. The smallest absolute Gasteiger partial charge is 0.407 e. The van der Waals surface area contributed by atoms with Gasteiger partial charge in [0.05, 0.1) is 6.61 Å². The molecule has 0 fully saturated rings. The highest BCUT2D eigenvalue weighted by Gasteiger charge is 2.16. The number of rotatable bonds is 2. The van der Waals surface area contributed by atoms with Crippen molar-refractivity contribution in [1.29, 1.82) is 0 Å². The molecule has 0 aromatic rings. The minimum Gasteiger partial charge on any atom is -0.444 e. The Labute approximate surface area is 72.9 Å². The van der Waals surface area contributed by atoms with Crippen molar-refractivity contribution in [2.24, 2.45) is 0 Å². The maximum absolute atomic E-state index is 11.0. The summed E-state index contributed by atoms with van der Waals surface area (Å²) in [5.74, 6) is 0. The lowest BCUT2D eigenvalue weighted by atomic mass is 10.1. The summed E-state index contributed by atoms with van der Waals surface area (Å²) in [5, 5.41) is 11.2. The van der Waals surface area contributed by atoms with Crippen LogP contribution in [0.15, 0.2) is 0 Å². The fourth-order valence-corrected chi connectivity index (χ4v) is 0.556. The number of aliphatic hydroxyl groups excluding tert-OH is 1. The van der Waals surface area contributed by atoms with Crippen molar-refractivity contribution in [2.75, 3.05) is 6.61 Å². The fourth-order valence-electron chi connectivity index (χ4n) is 0.556. The first-order valence-electron chi connectivity index (χ1n) is 3.95. The van der Waals surface area contributed by atoms with Gasteiger partial charge in [-0.2, -0.15) is 0 Å². The van der Waals surface area contributed by atoms with Gasteiger partial charge in [0, 0.05) is 5.54 Å². The number of carbonyl (C=O) groups excluding carboxylic acids is 1. The molecule has 0 radical (unpaired) electrons. The van der Waals surface area contributed by atoms with Gasteiger partial charge in [0.2, 0.25) is 0 Å². The maximum Gasteiger partial charge on any atom is 0.407 e. The second kappa shape index (κ2) is 4.30. The number of hydrogen-bond acceptors (Lipinski definition) is 3. The zero-order valence-electron chi connectivity index (χ0n) is 8.05. The van der Waals surface area contributed by atoms with Crippen LogP contribution in [0.5, 0.6) is 0 Å². The summed E-state index contributed by atoms with van der Waals surface area (Å²) < 4.78 is 4.78. The van der Waals surface area contributed by atoms with E-state index in [9.17, 15) is 4.79 Å². The lowest BCUT2D eigenvalue weighted by molar-refractivity contribution is 0.0637. The summed E-state index contributed by atoms with van der Waals surface area (Å²) in [4.78, 5) is 11.0. The molecule has 0 spiro atoms. The summed E-state index contributed by atoms with van der Waals surface area (Å²) in [7, 11) is 0. The molecule has 0 heterocycles. The van der Waals surface area contributed by atoms with Crippen molar-refractivity contribution in [1.82, 2.24) is 5.32 Å². The molecule has 0 aliphatic heterocycles. The van der Waals surface area contributed by atoms with Gasteiger partial charge in [0.15, 0.2) is 0 Å². The lowest BCUT2D eigenvalue weighted by Gasteiger charge is -2.21. The molecular formula is C8H17NO3. The number of aliphatic hydroxyl groups is 1. The normalized spacial score (nSPS) is 13.8. The van der Waals surface area contributed by atoms with Gasteiger partial charge >= 0.3 is 6.09 Å². The van der Waals surface area contributed by atoms with Crippen LogP contribution in [0, 0.1) is 0 Å². The molecule has 4 heteroatoms. The summed E-state index contributed by atoms with van der Waals surface area (Å²) in [6, 6.07) is 0. The van der Waals surface area contributed by atoms with Gasteiger partial charge in [0.1, 0.15) is 6.10 Å². The molecule has 1 atom stereocenters. The van der Waals surface area contributed by atoms with E-state index in [1.165, 1.54) is 0 Å². The number of nitrogens with one attached hydrogen (secondary N) is 1. The van der Waals surface area contributed by atoms with E-state index in [-0.39, 0.29) is 12.1 Å². The van der Waals surface area contributed by atoms with Crippen LogP contribution >= 0.6 is 0 Å². The highest BCUT2D eigenvalue weighted by Crippen LogP contribution is 2.00. The first-order valence-corrected chi connectivity index (χ1v) is 3.95. The quantitative estimate of drug-likeness (QED) is 0.655. The van der Waals surface area contributed by atoms with Crippen molar-refractivity contribution in [3.63, 3.8) is 0 Å². The second-order valence-electron chi connectivity index (χ2n) is 3.77. The predicted molar refractivity (Wildman–Crippen MR) is 45.9 cm³/mol. The molecule has 0 aliphatic carbocycles. The minimum atomic E-state index is -0.496. The highest BCUT2D eigenvalue weighted by molar-refractivity contribution is 5.68. The Morgan fingerprint density at radius 1 is 1.58 bits per heavy atom. The first kappa shape index (κ1) is 11.2. The molecule has 0 bridgehead atoms. The van der Waals surface area contributed by atoms with Crippen molar-refractivity contribution < 1.29 is 14.6 Å². The second-order valence-corrected chi connectivity index (χ2v) is 3.77. The molecule has 0 aliphatic rings. The van der Waals surface area contributed by atoms with Crippen LogP contribution in [-0.2, 0) is 4.74 Å². The monoisotopic (exact) mass is 175 g/mol. The average Bonchev–Trinajstić information content (AvgIpc) is 1.82. The standard InChI is InChI=1S/C8H17NO3/c1-6(5-10)12-7(11)9-8(2,3)4/h6,10H,5H2,1-4H3,(H,9,11)/t6-/m0/s1. The number of amides is 1. The molecule has 1 amide bonds. The number of ether oxygens (including phenoxy) is 1. The Morgan fingerprint density at radius 2 is 2.08 bits per heavy atom. The predicted octanol–water partition coefficient (Wildman–Crippen LogP) is 0.892. The van der Waals surface area contributed by atoms with Crippen LogP contribution in [-0.4, -0.2) is 29.4 Å². The van der Waals surface area contributed by atoms with Gasteiger partial charge in [0.25, 0.3) is 0 Å². The Hall–Kier alpha value is -0.770. The van der Waals surface area contributed by atoms with Gasteiger partial charge in [-0.05, 0) is 27.7 Å². The van der Waals surface area contributed by atoms with Gasteiger partial charge in [-0.15, -0.1) is 0 Å². The summed E-state index contributed by atoms with van der Waals surface area (Å²) in [6.07, 6.45) is -0.948. The van der Waals surface area contributed by atoms with E-state index < -0.39 is 12.2 Å². The molecule has 4 nitrogen and oxygen atoms in total. The Kier molecular flexibility index (Phi) is 4.03. The SMILES string of the molecule is C[C@@H](CO)OC(=O)NC(C)(C)C. The third kappa shape index (κ3) is 5.97. The molecule has 0 aromatic heterocycles. The van der Waals surface area contributed by atoms with Gasteiger partial charge < -0.3 is 15.2 Å². The van der Waals surface area contributed by atoms with Crippen LogP contribution in [0.25, 0.3) is 0 Å². The summed E-state index contributed by atoms with van der Waals surface area (Å²) in [5.41, 5.74) is -0.299. The van der Waals surface area contributed by atoms with Crippen molar-refractivity contribution in [3.8, 4) is 0 Å². The first-order chi connectivity index (χ1) is 5.35. The maximum atomic E-state index is 11.0. The molecule has 0 saturated carbocycles. The molecular weight excluding hydrogens is 158 g/mol. The minimum absolute atomic E-state index is 0.155. The largest absolute Gasteiger partial charge is 0.444 e. The topological polar surface area (TPSA) is 58.6 Å². The van der Waals surface area contributed by atoms with Crippen molar-refractivity contribution >= 4 is 6.09 Å². The van der Waals surface area contributed by atoms with Crippen LogP contribution < -0.4 is 5.32 Å². The number of hydrogen-bond donors (Lipinski definition) is 2. The Balaban J connectivity index is 3.75. The Morgan fingerprint density at radius 3 is 2.42 bits per heavy atom. The van der Waals surface area contributed by atoms with E-state index in [4.69, 9.17) is 9.84 Å². The van der Waals surface area contributed by atoms with E-state index in [2.05, 4.69) is 5.32 Å². The average molecular weight is 175 g/mol. The molecule has 0 rings (SSSR count). The van der Waals surface area contributed by atoms with E-state index in [1.54, 1.807) is 6.92 Å². The number of alkyl carbamates (subject to hydrolysis) is 1.